The van der Waals surface area contributed by atoms with Gasteiger partial charge in [0.25, 0.3) is 5.91 Å². The normalized spacial score (nSPS) is 10.6. The first-order valence-electron chi connectivity index (χ1n) is 10.5. The molecule has 3 aromatic carbocycles. The molecule has 2 amide bonds. The largest absolute Gasteiger partial charge is 0.375 e. The first-order chi connectivity index (χ1) is 16.0. The lowest BCUT2D eigenvalue weighted by Gasteiger charge is -2.09. The van der Waals surface area contributed by atoms with Crippen LogP contribution in [0.3, 0.4) is 0 Å². The molecule has 0 saturated carbocycles. The van der Waals surface area contributed by atoms with Gasteiger partial charge >= 0.3 is 0 Å². The molecule has 2 N–H and O–H groups in total. The third kappa shape index (κ3) is 5.34. The van der Waals surface area contributed by atoms with Crippen LogP contribution in [0.5, 0.6) is 0 Å². The number of aromatic nitrogens is 2. The van der Waals surface area contributed by atoms with E-state index in [9.17, 15) is 9.59 Å². The number of nitrogens with zero attached hydrogens (tertiary/aromatic N) is 2. The number of methoxy groups -OCH3 is 1. The summed E-state index contributed by atoms with van der Waals surface area (Å²) in [4.78, 5) is 25.1. The Bertz CT molecular complexity index is 1280. The Labute approximate surface area is 192 Å². The van der Waals surface area contributed by atoms with Gasteiger partial charge in [0, 0.05) is 30.2 Å². The number of amides is 2. The quantitative estimate of drug-likeness (QED) is 0.437. The smallest absolute Gasteiger partial charge is 0.259 e. The SMILES string of the molecule is COCC(=O)Nc1cccc(NC(=O)c2cn(-c3ccccc3)nc2-c2cccc(C)c2)c1. The van der Waals surface area contributed by atoms with E-state index in [1.54, 1.807) is 35.1 Å². The van der Waals surface area contributed by atoms with E-state index in [4.69, 9.17) is 9.84 Å². The highest BCUT2D eigenvalue weighted by Gasteiger charge is 2.19. The second kappa shape index (κ2) is 9.93. The van der Waals surface area contributed by atoms with Crippen molar-refractivity contribution in [3.63, 3.8) is 0 Å². The summed E-state index contributed by atoms with van der Waals surface area (Å²) in [5.74, 6) is -0.569. The van der Waals surface area contributed by atoms with Gasteiger partial charge in [-0.05, 0) is 43.3 Å². The molecule has 0 radical (unpaired) electrons. The zero-order chi connectivity index (χ0) is 23.2. The maximum Gasteiger partial charge on any atom is 0.259 e. The van der Waals surface area contributed by atoms with Gasteiger partial charge in [-0.3, -0.25) is 9.59 Å². The number of hydrogen-bond acceptors (Lipinski definition) is 4. The molecule has 1 aromatic heterocycles. The van der Waals surface area contributed by atoms with Gasteiger partial charge in [-0.1, -0.05) is 48.0 Å². The fraction of sp³-hybridized carbons (Fsp3) is 0.115. The molecule has 0 spiro atoms. The molecule has 0 bridgehead atoms. The van der Waals surface area contributed by atoms with Crippen molar-refractivity contribution in [2.45, 2.75) is 6.92 Å². The highest BCUT2D eigenvalue weighted by Crippen LogP contribution is 2.26. The first kappa shape index (κ1) is 22.0. The zero-order valence-electron chi connectivity index (χ0n) is 18.4. The third-order valence-electron chi connectivity index (χ3n) is 4.95. The summed E-state index contributed by atoms with van der Waals surface area (Å²) in [6.45, 7) is 1.95. The van der Waals surface area contributed by atoms with Crippen molar-refractivity contribution in [3.05, 3.63) is 96.2 Å². The van der Waals surface area contributed by atoms with Crippen LogP contribution in [-0.4, -0.2) is 35.3 Å². The van der Waals surface area contributed by atoms with Crippen molar-refractivity contribution in [3.8, 4) is 16.9 Å². The van der Waals surface area contributed by atoms with Gasteiger partial charge in [0.1, 0.15) is 12.3 Å². The van der Waals surface area contributed by atoms with E-state index >= 15 is 0 Å². The van der Waals surface area contributed by atoms with Crippen LogP contribution in [-0.2, 0) is 9.53 Å². The maximum absolute atomic E-state index is 13.3. The van der Waals surface area contributed by atoms with E-state index in [0.717, 1.165) is 16.8 Å². The van der Waals surface area contributed by atoms with Crippen molar-refractivity contribution in [1.82, 2.24) is 9.78 Å². The van der Waals surface area contributed by atoms with E-state index in [0.29, 0.717) is 22.6 Å². The van der Waals surface area contributed by atoms with Gasteiger partial charge < -0.3 is 15.4 Å². The lowest BCUT2D eigenvalue weighted by atomic mass is 10.1. The Morgan fingerprint density at radius 1 is 0.909 bits per heavy atom. The molecule has 0 atom stereocenters. The topological polar surface area (TPSA) is 85.3 Å². The van der Waals surface area contributed by atoms with Crippen LogP contribution >= 0.6 is 0 Å². The zero-order valence-corrected chi connectivity index (χ0v) is 18.4. The number of carbonyl (C=O) groups excluding carboxylic acids is 2. The predicted molar refractivity (Wildman–Crippen MR) is 129 cm³/mol. The van der Waals surface area contributed by atoms with Gasteiger partial charge in [-0.25, -0.2) is 4.68 Å². The summed E-state index contributed by atoms with van der Waals surface area (Å²) in [7, 11) is 1.46. The highest BCUT2D eigenvalue weighted by molar-refractivity contribution is 6.08. The summed E-state index contributed by atoms with van der Waals surface area (Å²) in [5, 5.41) is 10.4. The molecular weight excluding hydrogens is 416 g/mol. The number of ether oxygens (including phenoxy) is 1. The average molecular weight is 441 g/mol. The van der Waals surface area contributed by atoms with Crippen LogP contribution in [0.15, 0.2) is 85.1 Å². The predicted octanol–water partition coefficient (Wildman–Crippen LogP) is 4.68. The Kier molecular flexibility index (Phi) is 6.61. The molecule has 0 aliphatic rings. The molecule has 7 nitrogen and oxygen atoms in total. The number of aryl methyl sites for hydroxylation is 1. The molecule has 166 valence electrons. The number of anilines is 2. The minimum atomic E-state index is -0.297. The Morgan fingerprint density at radius 3 is 2.36 bits per heavy atom. The third-order valence-corrected chi connectivity index (χ3v) is 4.95. The van der Waals surface area contributed by atoms with Crippen molar-refractivity contribution in [1.29, 1.82) is 0 Å². The number of nitrogens with one attached hydrogen (secondary N) is 2. The van der Waals surface area contributed by atoms with Gasteiger partial charge in [0.2, 0.25) is 5.91 Å². The fourth-order valence-corrected chi connectivity index (χ4v) is 3.46. The van der Waals surface area contributed by atoms with Crippen molar-refractivity contribution < 1.29 is 14.3 Å². The van der Waals surface area contributed by atoms with E-state index in [1.165, 1.54) is 7.11 Å². The van der Waals surface area contributed by atoms with Crippen molar-refractivity contribution in [2.24, 2.45) is 0 Å². The van der Waals surface area contributed by atoms with Crippen LogP contribution in [0, 0.1) is 6.92 Å². The Balaban J connectivity index is 1.66. The number of carbonyl (C=O) groups is 2. The van der Waals surface area contributed by atoms with E-state index in [1.807, 2.05) is 61.5 Å². The van der Waals surface area contributed by atoms with Crippen LogP contribution in [0.4, 0.5) is 11.4 Å². The molecule has 7 heteroatoms. The molecule has 1 heterocycles. The standard InChI is InChI=1S/C26H24N4O3/c1-18-8-6-9-19(14-18)25-23(16-30(29-25)22-12-4-3-5-13-22)26(32)28-21-11-7-10-20(15-21)27-24(31)17-33-2/h3-16H,17H2,1-2H3,(H,27,31)(H,28,32). The molecule has 33 heavy (non-hydrogen) atoms. The number of benzene rings is 3. The van der Waals surface area contributed by atoms with Crippen molar-refractivity contribution >= 4 is 23.2 Å². The van der Waals surface area contributed by atoms with Crippen LogP contribution < -0.4 is 10.6 Å². The summed E-state index contributed by atoms with van der Waals surface area (Å²) < 4.78 is 6.54. The average Bonchev–Trinajstić information content (AvgIpc) is 3.26. The monoisotopic (exact) mass is 440 g/mol. The summed E-state index contributed by atoms with van der Waals surface area (Å²) in [6.07, 6.45) is 1.73. The maximum atomic E-state index is 13.3. The highest BCUT2D eigenvalue weighted by atomic mass is 16.5. The second-order valence-corrected chi connectivity index (χ2v) is 7.56. The molecular formula is C26H24N4O3. The lowest BCUT2D eigenvalue weighted by molar-refractivity contribution is -0.119. The summed E-state index contributed by atoms with van der Waals surface area (Å²) in [6, 6.07) is 24.5. The fourth-order valence-electron chi connectivity index (χ4n) is 3.46. The first-order valence-corrected chi connectivity index (χ1v) is 10.5. The van der Waals surface area contributed by atoms with Crippen LogP contribution in [0.25, 0.3) is 16.9 Å². The van der Waals surface area contributed by atoms with E-state index < -0.39 is 0 Å². The van der Waals surface area contributed by atoms with Crippen molar-refractivity contribution in [2.75, 3.05) is 24.4 Å². The Hall–Kier alpha value is -4.23. The number of hydrogen-bond donors (Lipinski definition) is 2. The molecule has 0 saturated heterocycles. The van der Waals surface area contributed by atoms with Crippen LogP contribution in [0.1, 0.15) is 15.9 Å². The van der Waals surface area contributed by atoms with Gasteiger partial charge in [0.05, 0.1) is 11.3 Å². The van der Waals surface area contributed by atoms with E-state index in [-0.39, 0.29) is 18.4 Å². The lowest BCUT2D eigenvalue weighted by Crippen LogP contribution is -2.17. The molecule has 4 aromatic rings. The molecule has 0 fully saturated rings. The van der Waals surface area contributed by atoms with Gasteiger partial charge in [0.15, 0.2) is 0 Å². The van der Waals surface area contributed by atoms with Crippen LogP contribution in [0.2, 0.25) is 0 Å². The summed E-state index contributed by atoms with van der Waals surface area (Å²) >= 11 is 0. The summed E-state index contributed by atoms with van der Waals surface area (Å²) in [5.41, 5.74) is 4.94. The van der Waals surface area contributed by atoms with Gasteiger partial charge in [-0.15, -0.1) is 0 Å². The number of rotatable bonds is 7. The Morgan fingerprint density at radius 2 is 1.64 bits per heavy atom. The minimum absolute atomic E-state index is 0.0465. The molecule has 0 aliphatic carbocycles. The van der Waals surface area contributed by atoms with Gasteiger partial charge in [-0.2, -0.15) is 5.10 Å². The second-order valence-electron chi connectivity index (χ2n) is 7.56. The van der Waals surface area contributed by atoms with E-state index in [2.05, 4.69) is 10.6 Å². The molecule has 0 unspecified atom stereocenters. The molecule has 4 rings (SSSR count). The molecule has 0 aliphatic heterocycles. The number of para-hydroxylation sites is 1. The minimum Gasteiger partial charge on any atom is -0.375 e.